The number of nitrogens with one attached hydrogen (secondary N) is 2. The topological polar surface area (TPSA) is 59.6 Å². The molecule has 1 aliphatic carbocycles. The standard InChI is InChI=1S/C19H28N2O3/c1-19(9-10-23-14-19)21-18(22)20-12-15-5-4-6-16(11-15)13-24-17-7-2-3-8-17/h4-6,11,17H,2-3,7-10,12-14H2,1H3,(H2,20,21,22)/t19-/m0/s1. The minimum Gasteiger partial charge on any atom is -0.379 e. The highest BCUT2D eigenvalue weighted by molar-refractivity contribution is 5.74. The van der Waals surface area contributed by atoms with Gasteiger partial charge in [0.05, 0.1) is 24.9 Å². The van der Waals surface area contributed by atoms with E-state index >= 15 is 0 Å². The predicted molar refractivity (Wildman–Crippen MR) is 92.7 cm³/mol. The van der Waals surface area contributed by atoms with Crippen LogP contribution in [0.5, 0.6) is 0 Å². The third-order valence-electron chi connectivity index (χ3n) is 4.87. The molecule has 0 radical (unpaired) electrons. The second-order valence-corrected chi connectivity index (χ2v) is 7.21. The molecule has 132 valence electrons. The van der Waals surface area contributed by atoms with Crippen LogP contribution in [-0.2, 0) is 22.6 Å². The number of carbonyl (C=O) groups is 1. The van der Waals surface area contributed by atoms with Gasteiger partial charge in [0.15, 0.2) is 0 Å². The number of rotatable bonds is 6. The van der Waals surface area contributed by atoms with Crippen LogP contribution in [-0.4, -0.2) is 30.9 Å². The van der Waals surface area contributed by atoms with Crippen molar-refractivity contribution in [1.29, 1.82) is 0 Å². The minimum absolute atomic E-state index is 0.143. The molecule has 1 saturated heterocycles. The van der Waals surface area contributed by atoms with Crippen molar-refractivity contribution < 1.29 is 14.3 Å². The van der Waals surface area contributed by atoms with Crippen LogP contribution in [0.4, 0.5) is 4.79 Å². The first-order chi connectivity index (χ1) is 11.6. The van der Waals surface area contributed by atoms with E-state index < -0.39 is 0 Å². The second kappa shape index (κ2) is 7.99. The van der Waals surface area contributed by atoms with E-state index in [1.54, 1.807) is 0 Å². The van der Waals surface area contributed by atoms with Crippen molar-refractivity contribution in [3.8, 4) is 0 Å². The van der Waals surface area contributed by atoms with E-state index in [1.807, 2.05) is 19.1 Å². The van der Waals surface area contributed by atoms with Crippen molar-refractivity contribution in [2.75, 3.05) is 13.2 Å². The Morgan fingerprint density at radius 2 is 2.12 bits per heavy atom. The maximum Gasteiger partial charge on any atom is 0.315 e. The molecule has 1 aromatic rings. The van der Waals surface area contributed by atoms with E-state index in [1.165, 1.54) is 25.7 Å². The van der Waals surface area contributed by atoms with Crippen molar-refractivity contribution in [3.05, 3.63) is 35.4 Å². The van der Waals surface area contributed by atoms with Gasteiger partial charge < -0.3 is 20.1 Å². The minimum atomic E-state index is -0.249. The van der Waals surface area contributed by atoms with Crippen LogP contribution in [0.15, 0.2) is 24.3 Å². The summed E-state index contributed by atoms with van der Waals surface area (Å²) in [6.45, 7) is 4.47. The quantitative estimate of drug-likeness (QED) is 0.841. The number of carbonyl (C=O) groups excluding carboxylic acids is 1. The van der Waals surface area contributed by atoms with Gasteiger partial charge in [0.2, 0.25) is 0 Å². The number of amides is 2. The molecule has 1 aliphatic heterocycles. The molecule has 0 bridgehead atoms. The molecule has 0 unspecified atom stereocenters. The van der Waals surface area contributed by atoms with Crippen molar-refractivity contribution >= 4 is 6.03 Å². The van der Waals surface area contributed by atoms with E-state index in [9.17, 15) is 4.79 Å². The molecular weight excluding hydrogens is 304 g/mol. The van der Waals surface area contributed by atoms with Crippen LogP contribution in [0.25, 0.3) is 0 Å². The van der Waals surface area contributed by atoms with Crippen LogP contribution in [0, 0.1) is 0 Å². The Kier molecular flexibility index (Phi) is 5.74. The molecule has 0 spiro atoms. The first-order valence-corrected chi connectivity index (χ1v) is 8.96. The van der Waals surface area contributed by atoms with Gasteiger partial charge in [-0.1, -0.05) is 37.1 Å². The zero-order valence-corrected chi connectivity index (χ0v) is 14.5. The lowest BCUT2D eigenvalue weighted by Crippen LogP contribution is -2.50. The maximum absolute atomic E-state index is 12.1. The van der Waals surface area contributed by atoms with Crippen molar-refractivity contribution in [1.82, 2.24) is 10.6 Å². The predicted octanol–water partition coefficient (Wildman–Crippen LogP) is 3.12. The van der Waals surface area contributed by atoms with Crippen LogP contribution >= 0.6 is 0 Å². The zero-order chi connectivity index (χ0) is 16.8. The summed E-state index contributed by atoms with van der Waals surface area (Å²) in [5.41, 5.74) is 2.00. The van der Waals surface area contributed by atoms with Gasteiger partial charge in [0, 0.05) is 13.2 Å². The summed E-state index contributed by atoms with van der Waals surface area (Å²) in [6.07, 6.45) is 6.22. The molecule has 3 rings (SSSR count). The molecule has 5 nitrogen and oxygen atoms in total. The van der Waals surface area contributed by atoms with Gasteiger partial charge in [-0.15, -0.1) is 0 Å². The Hall–Kier alpha value is -1.59. The summed E-state index contributed by atoms with van der Waals surface area (Å²) in [5.74, 6) is 0. The Morgan fingerprint density at radius 1 is 1.33 bits per heavy atom. The summed E-state index contributed by atoms with van der Waals surface area (Å²) in [7, 11) is 0. The lowest BCUT2D eigenvalue weighted by atomic mass is 10.0. The van der Waals surface area contributed by atoms with Crippen LogP contribution in [0.1, 0.15) is 50.2 Å². The molecule has 1 saturated carbocycles. The Labute approximate surface area is 144 Å². The first-order valence-electron chi connectivity index (χ1n) is 8.96. The number of benzene rings is 1. The van der Waals surface area contributed by atoms with Gasteiger partial charge in [-0.3, -0.25) is 0 Å². The summed E-state index contributed by atoms with van der Waals surface area (Å²) in [6, 6.07) is 8.09. The summed E-state index contributed by atoms with van der Waals surface area (Å²) in [4.78, 5) is 12.1. The molecule has 1 atom stereocenters. The molecule has 0 aromatic heterocycles. The third kappa shape index (κ3) is 4.95. The third-order valence-corrected chi connectivity index (χ3v) is 4.87. The summed E-state index contributed by atoms with van der Waals surface area (Å²) < 4.78 is 11.3. The van der Waals surface area contributed by atoms with Crippen LogP contribution in [0.3, 0.4) is 0 Å². The van der Waals surface area contributed by atoms with E-state index in [-0.39, 0.29) is 11.6 Å². The average Bonchev–Trinajstić information content (AvgIpc) is 3.23. The van der Waals surface area contributed by atoms with Gasteiger partial charge in [0.1, 0.15) is 0 Å². The second-order valence-electron chi connectivity index (χ2n) is 7.21. The fraction of sp³-hybridized carbons (Fsp3) is 0.632. The van der Waals surface area contributed by atoms with Crippen molar-refractivity contribution in [3.63, 3.8) is 0 Å². The molecule has 2 fully saturated rings. The highest BCUT2D eigenvalue weighted by Gasteiger charge is 2.31. The fourth-order valence-corrected chi connectivity index (χ4v) is 3.36. The molecule has 2 N–H and O–H groups in total. The summed E-state index contributed by atoms with van der Waals surface area (Å²) in [5, 5.41) is 5.93. The molecule has 2 aliphatic rings. The number of ether oxygens (including phenoxy) is 2. The van der Waals surface area contributed by atoms with Crippen molar-refractivity contribution in [2.45, 2.75) is 63.8 Å². The van der Waals surface area contributed by atoms with E-state index in [0.717, 1.165) is 17.5 Å². The smallest absolute Gasteiger partial charge is 0.315 e. The van der Waals surface area contributed by atoms with Gasteiger partial charge in [-0.2, -0.15) is 0 Å². The lowest BCUT2D eigenvalue weighted by molar-refractivity contribution is 0.0456. The van der Waals surface area contributed by atoms with Gasteiger partial charge in [-0.05, 0) is 37.3 Å². The van der Waals surface area contributed by atoms with Gasteiger partial charge >= 0.3 is 6.03 Å². The number of hydrogen-bond donors (Lipinski definition) is 2. The largest absolute Gasteiger partial charge is 0.379 e. The molecule has 1 aromatic carbocycles. The maximum atomic E-state index is 12.1. The first kappa shape index (κ1) is 17.2. The van der Waals surface area contributed by atoms with Crippen LogP contribution < -0.4 is 10.6 Å². The van der Waals surface area contributed by atoms with Gasteiger partial charge in [-0.25, -0.2) is 4.79 Å². The van der Waals surface area contributed by atoms with E-state index in [4.69, 9.17) is 9.47 Å². The monoisotopic (exact) mass is 332 g/mol. The van der Waals surface area contributed by atoms with E-state index in [2.05, 4.69) is 22.8 Å². The van der Waals surface area contributed by atoms with E-state index in [0.29, 0.717) is 32.5 Å². The highest BCUT2D eigenvalue weighted by Crippen LogP contribution is 2.22. The van der Waals surface area contributed by atoms with Crippen molar-refractivity contribution in [2.24, 2.45) is 0 Å². The highest BCUT2D eigenvalue weighted by atomic mass is 16.5. The normalized spacial score (nSPS) is 24.2. The number of urea groups is 1. The Morgan fingerprint density at radius 3 is 2.88 bits per heavy atom. The molecule has 5 heteroatoms. The fourth-order valence-electron chi connectivity index (χ4n) is 3.36. The molecule has 1 heterocycles. The zero-order valence-electron chi connectivity index (χ0n) is 14.5. The lowest BCUT2D eigenvalue weighted by Gasteiger charge is -2.23. The Bertz CT molecular complexity index is 549. The molecule has 24 heavy (non-hydrogen) atoms. The molecule has 2 amide bonds. The number of hydrogen-bond acceptors (Lipinski definition) is 3. The SMILES string of the molecule is C[C@]1(NC(=O)NCc2cccc(COC3CCCC3)c2)CCOC1. The Balaban J connectivity index is 1.44. The summed E-state index contributed by atoms with van der Waals surface area (Å²) >= 11 is 0. The average molecular weight is 332 g/mol. The van der Waals surface area contributed by atoms with Gasteiger partial charge in [0.25, 0.3) is 0 Å². The van der Waals surface area contributed by atoms with Crippen LogP contribution in [0.2, 0.25) is 0 Å². The molecular formula is C19H28N2O3.